The fourth-order valence-corrected chi connectivity index (χ4v) is 3.39. The molecule has 0 aliphatic carbocycles. The van der Waals surface area contributed by atoms with Crippen molar-refractivity contribution in [1.29, 1.82) is 0 Å². The zero-order valence-corrected chi connectivity index (χ0v) is 17.9. The van der Waals surface area contributed by atoms with Crippen molar-refractivity contribution in [3.8, 4) is 28.7 Å². The van der Waals surface area contributed by atoms with Gasteiger partial charge in [-0.1, -0.05) is 30.0 Å². The van der Waals surface area contributed by atoms with Gasteiger partial charge >= 0.3 is 0 Å². The van der Waals surface area contributed by atoms with Gasteiger partial charge in [0.05, 0.1) is 38.2 Å². The van der Waals surface area contributed by atoms with Crippen LogP contribution in [0.4, 0.5) is 5.69 Å². The minimum absolute atomic E-state index is 0.0596. The summed E-state index contributed by atoms with van der Waals surface area (Å²) in [6, 6.07) is 14.7. The number of methoxy groups -OCH3 is 3. The Hall–Kier alpha value is -4.33. The van der Waals surface area contributed by atoms with Crippen molar-refractivity contribution in [3.05, 3.63) is 66.2 Å². The molecule has 3 aromatic carbocycles. The predicted molar refractivity (Wildman–Crippen MR) is 124 cm³/mol. The summed E-state index contributed by atoms with van der Waals surface area (Å²) in [6.45, 7) is 3.80. The lowest BCUT2D eigenvalue weighted by Crippen LogP contribution is -1.99. The summed E-state index contributed by atoms with van der Waals surface area (Å²) < 4.78 is 17.8. The maximum Gasteiger partial charge on any atom is 0.203 e. The van der Waals surface area contributed by atoms with Crippen molar-refractivity contribution in [2.45, 2.75) is 0 Å². The molecule has 4 rings (SSSR count). The number of aromatic nitrogens is 3. The molecule has 0 aliphatic rings. The number of hydrogen-bond donors (Lipinski definition) is 1. The molecule has 0 fully saturated rings. The smallest absolute Gasteiger partial charge is 0.203 e. The molecule has 0 saturated heterocycles. The fourth-order valence-electron chi connectivity index (χ4n) is 3.39. The Bertz CT molecular complexity index is 1300. The number of para-hydroxylation sites is 1. The van der Waals surface area contributed by atoms with Gasteiger partial charge in [-0.3, -0.25) is 4.99 Å². The molecular weight excluding hydrogens is 408 g/mol. The highest BCUT2D eigenvalue weighted by molar-refractivity contribution is 5.89. The molecule has 0 saturated carbocycles. The predicted octanol–water partition coefficient (Wildman–Crippen LogP) is 4.55. The fraction of sp³-hybridized carbons (Fsp3) is 0.125. The van der Waals surface area contributed by atoms with Gasteiger partial charge in [-0.15, -0.1) is 5.10 Å². The number of fused-ring (bicyclic) bond motifs is 1. The van der Waals surface area contributed by atoms with Crippen LogP contribution in [0.5, 0.6) is 23.0 Å². The van der Waals surface area contributed by atoms with Gasteiger partial charge in [-0.25, -0.2) is 4.68 Å². The van der Waals surface area contributed by atoms with E-state index in [2.05, 4.69) is 21.9 Å². The Morgan fingerprint density at radius 2 is 1.66 bits per heavy atom. The van der Waals surface area contributed by atoms with Gasteiger partial charge in [0.15, 0.2) is 11.5 Å². The van der Waals surface area contributed by atoms with Crippen molar-refractivity contribution < 1.29 is 19.3 Å². The van der Waals surface area contributed by atoms with Gasteiger partial charge in [-0.05, 0) is 24.3 Å². The van der Waals surface area contributed by atoms with Crippen molar-refractivity contribution in [2.75, 3.05) is 21.3 Å². The molecule has 1 N–H and O–H groups in total. The molecule has 1 heterocycles. The van der Waals surface area contributed by atoms with Crippen LogP contribution in [-0.4, -0.2) is 47.6 Å². The topological polar surface area (TPSA) is 91.0 Å². The minimum atomic E-state index is 0.0596. The maximum absolute atomic E-state index is 10.7. The average molecular weight is 430 g/mol. The van der Waals surface area contributed by atoms with Gasteiger partial charge in [0, 0.05) is 29.5 Å². The zero-order valence-electron chi connectivity index (χ0n) is 17.9. The maximum atomic E-state index is 10.7. The average Bonchev–Trinajstić information content (AvgIpc) is 3.26. The van der Waals surface area contributed by atoms with Crippen LogP contribution in [0, 0.1) is 0 Å². The Kier molecular flexibility index (Phi) is 5.76. The quantitative estimate of drug-likeness (QED) is 0.433. The SMILES string of the molecule is C=Cc1cc(-n2nnc3ccccc32)cc(/C=N/c2cc(OC)c(OC)c(OC)c2)c1O. The van der Waals surface area contributed by atoms with E-state index >= 15 is 0 Å². The van der Waals surface area contributed by atoms with Crippen LogP contribution in [0.15, 0.2) is 60.1 Å². The summed E-state index contributed by atoms with van der Waals surface area (Å²) in [5.41, 5.74) is 3.95. The molecule has 8 heteroatoms. The van der Waals surface area contributed by atoms with Gasteiger partial charge in [0.1, 0.15) is 11.3 Å². The number of aliphatic imine (C=N–C) groups is 1. The lowest BCUT2D eigenvalue weighted by atomic mass is 10.1. The molecule has 162 valence electrons. The highest BCUT2D eigenvalue weighted by atomic mass is 16.5. The van der Waals surface area contributed by atoms with Gasteiger partial charge in [0.2, 0.25) is 5.75 Å². The van der Waals surface area contributed by atoms with Crippen LogP contribution >= 0.6 is 0 Å². The lowest BCUT2D eigenvalue weighted by Gasteiger charge is -2.12. The number of hydrogen-bond acceptors (Lipinski definition) is 7. The zero-order chi connectivity index (χ0) is 22.7. The van der Waals surface area contributed by atoms with Crippen LogP contribution in [0.2, 0.25) is 0 Å². The summed E-state index contributed by atoms with van der Waals surface area (Å²) in [6.07, 6.45) is 3.14. The number of phenolic OH excluding ortho intramolecular Hbond substituents is 1. The molecule has 0 atom stereocenters. The third-order valence-corrected chi connectivity index (χ3v) is 4.97. The van der Waals surface area contributed by atoms with E-state index in [1.54, 1.807) is 55.5 Å². The number of aromatic hydroxyl groups is 1. The van der Waals surface area contributed by atoms with E-state index in [1.165, 1.54) is 7.11 Å². The second-order valence-electron chi connectivity index (χ2n) is 6.81. The standard InChI is InChI=1S/C24H22N4O4/c1-5-15-10-18(28-20-9-7-6-8-19(20)26-27-28)11-16(23(15)29)14-25-17-12-21(30-2)24(32-4)22(13-17)31-3/h5-14,29H,1H2,2-4H3/b25-14+. The van der Waals surface area contributed by atoms with Crippen molar-refractivity contribution >= 4 is 29.0 Å². The molecule has 8 nitrogen and oxygen atoms in total. The largest absolute Gasteiger partial charge is 0.507 e. The molecule has 0 aliphatic heterocycles. The highest BCUT2D eigenvalue weighted by Gasteiger charge is 2.14. The molecule has 0 bridgehead atoms. The van der Waals surface area contributed by atoms with E-state index in [1.807, 2.05) is 24.3 Å². The minimum Gasteiger partial charge on any atom is -0.507 e. The number of ether oxygens (including phenoxy) is 3. The first kappa shape index (κ1) is 20.9. The Labute approximate surface area is 185 Å². The summed E-state index contributed by atoms with van der Waals surface area (Å²) in [5, 5.41) is 19.2. The van der Waals surface area contributed by atoms with Crippen molar-refractivity contribution in [3.63, 3.8) is 0 Å². The van der Waals surface area contributed by atoms with E-state index in [-0.39, 0.29) is 5.75 Å². The molecule has 0 unspecified atom stereocenters. The molecular formula is C24H22N4O4. The van der Waals surface area contributed by atoms with Crippen LogP contribution in [0.25, 0.3) is 22.8 Å². The second kappa shape index (κ2) is 8.81. The molecule has 0 spiro atoms. The highest BCUT2D eigenvalue weighted by Crippen LogP contribution is 2.41. The number of nitrogens with zero attached hydrogens (tertiary/aromatic N) is 4. The van der Waals surface area contributed by atoms with E-state index in [0.29, 0.717) is 34.1 Å². The molecule has 1 aromatic heterocycles. The van der Waals surface area contributed by atoms with Gasteiger partial charge in [0.25, 0.3) is 0 Å². The third-order valence-electron chi connectivity index (χ3n) is 4.97. The van der Waals surface area contributed by atoms with Crippen LogP contribution in [-0.2, 0) is 0 Å². The molecule has 0 amide bonds. The summed E-state index contributed by atoms with van der Waals surface area (Å²) in [5.74, 6) is 1.51. The summed E-state index contributed by atoms with van der Waals surface area (Å²) >= 11 is 0. The van der Waals surface area contributed by atoms with Crippen molar-refractivity contribution in [1.82, 2.24) is 15.0 Å². The van der Waals surface area contributed by atoms with E-state index in [9.17, 15) is 5.11 Å². The Morgan fingerprint density at radius 1 is 0.969 bits per heavy atom. The van der Waals surface area contributed by atoms with E-state index in [0.717, 1.165) is 16.7 Å². The third kappa shape index (κ3) is 3.74. The number of benzene rings is 3. The summed E-state index contributed by atoms with van der Waals surface area (Å²) in [4.78, 5) is 4.51. The van der Waals surface area contributed by atoms with Crippen LogP contribution < -0.4 is 14.2 Å². The Morgan fingerprint density at radius 3 is 2.31 bits per heavy atom. The van der Waals surface area contributed by atoms with Gasteiger partial charge in [-0.2, -0.15) is 0 Å². The monoisotopic (exact) mass is 430 g/mol. The van der Waals surface area contributed by atoms with Crippen LogP contribution in [0.3, 0.4) is 0 Å². The van der Waals surface area contributed by atoms with Crippen LogP contribution in [0.1, 0.15) is 11.1 Å². The van der Waals surface area contributed by atoms with E-state index < -0.39 is 0 Å². The van der Waals surface area contributed by atoms with Crippen molar-refractivity contribution in [2.24, 2.45) is 4.99 Å². The molecule has 0 radical (unpaired) electrons. The molecule has 32 heavy (non-hydrogen) atoms. The summed E-state index contributed by atoms with van der Waals surface area (Å²) in [7, 11) is 4.62. The Balaban J connectivity index is 1.80. The first-order valence-electron chi connectivity index (χ1n) is 9.74. The van der Waals surface area contributed by atoms with E-state index in [4.69, 9.17) is 14.2 Å². The first-order valence-corrected chi connectivity index (χ1v) is 9.74. The lowest BCUT2D eigenvalue weighted by molar-refractivity contribution is 0.324. The number of phenols is 1. The van der Waals surface area contributed by atoms with Gasteiger partial charge < -0.3 is 19.3 Å². The second-order valence-corrected chi connectivity index (χ2v) is 6.81. The first-order chi connectivity index (χ1) is 15.6. The normalized spacial score (nSPS) is 11.1. The molecule has 4 aromatic rings. The number of rotatable bonds is 7.